The lowest BCUT2D eigenvalue weighted by Crippen LogP contribution is -2.47. The molecule has 0 saturated heterocycles. The van der Waals surface area contributed by atoms with Gasteiger partial charge in [0.25, 0.3) is 0 Å². The number of hydrogen-bond acceptors (Lipinski definition) is 3. The topological polar surface area (TPSA) is 61.4 Å². The third kappa shape index (κ3) is 5.90. The number of likely N-dealkylation sites (N-methyl/N-ethyl adjacent to an activating group) is 2. The normalized spacial score (nSPS) is 22.6. The van der Waals surface area contributed by atoms with Gasteiger partial charge < -0.3 is 10.6 Å². The Hall–Kier alpha value is -1.10. The molecule has 0 aromatic heterocycles. The summed E-state index contributed by atoms with van der Waals surface area (Å²) < 4.78 is 0. The molecule has 2 unspecified atom stereocenters. The Morgan fingerprint density at radius 2 is 1.75 bits per heavy atom. The van der Waals surface area contributed by atoms with Crippen LogP contribution >= 0.6 is 0 Å². The number of carbonyl (C=O) groups excluding carboxylic acids is 2. The fourth-order valence-corrected chi connectivity index (χ4v) is 2.72. The Labute approximate surface area is 122 Å². The second kappa shape index (κ2) is 8.95. The van der Waals surface area contributed by atoms with Gasteiger partial charge >= 0.3 is 0 Å². The van der Waals surface area contributed by atoms with Gasteiger partial charge in [-0.05, 0) is 32.2 Å². The number of amides is 2. The highest BCUT2D eigenvalue weighted by Crippen LogP contribution is 2.23. The van der Waals surface area contributed by atoms with E-state index in [-0.39, 0.29) is 18.4 Å². The van der Waals surface area contributed by atoms with Gasteiger partial charge in [0, 0.05) is 12.6 Å². The van der Waals surface area contributed by atoms with Crippen LogP contribution in [0, 0.1) is 5.92 Å². The van der Waals surface area contributed by atoms with Crippen molar-refractivity contribution in [2.45, 2.75) is 52.5 Å². The van der Waals surface area contributed by atoms with E-state index in [1.54, 1.807) is 0 Å². The quantitative estimate of drug-likeness (QED) is 0.736. The molecule has 2 amide bonds. The van der Waals surface area contributed by atoms with Crippen LogP contribution in [0.25, 0.3) is 0 Å². The fraction of sp³-hybridized carbons (Fsp3) is 0.867. The molecule has 1 saturated carbocycles. The average Bonchev–Trinajstić information content (AvgIpc) is 2.41. The van der Waals surface area contributed by atoms with Crippen molar-refractivity contribution in [3.63, 3.8) is 0 Å². The molecule has 1 rings (SSSR count). The summed E-state index contributed by atoms with van der Waals surface area (Å²) >= 11 is 0. The molecule has 2 N–H and O–H groups in total. The third-order valence-corrected chi connectivity index (χ3v) is 4.01. The summed E-state index contributed by atoms with van der Waals surface area (Å²) in [6.07, 6.45) is 4.74. The summed E-state index contributed by atoms with van der Waals surface area (Å²) in [4.78, 5) is 25.5. The Morgan fingerprint density at radius 1 is 1.10 bits per heavy atom. The van der Waals surface area contributed by atoms with Gasteiger partial charge in [-0.1, -0.05) is 26.7 Å². The van der Waals surface area contributed by atoms with Crippen LogP contribution in [0.15, 0.2) is 0 Å². The molecule has 2 atom stereocenters. The van der Waals surface area contributed by atoms with Gasteiger partial charge in [0.15, 0.2) is 0 Å². The standard InChI is InChI=1S/C15H29N3O2/c1-4-16-14(19)10-18(5-2)11-15(20)17-13-9-7-6-8-12(13)3/h12-13H,4-11H2,1-3H3,(H,16,19)(H,17,20). The smallest absolute Gasteiger partial charge is 0.234 e. The maximum atomic E-state index is 12.1. The molecular formula is C15H29N3O2. The molecule has 0 aromatic rings. The van der Waals surface area contributed by atoms with E-state index in [9.17, 15) is 9.59 Å². The zero-order valence-electron chi connectivity index (χ0n) is 13.1. The van der Waals surface area contributed by atoms with Crippen LogP contribution in [0.4, 0.5) is 0 Å². The van der Waals surface area contributed by atoms with Crippen molar-refractivity contribution in [3.05, 3.63) is 0 Å². The highest BCUT2D eigenvalue weighted by molar-refractivity contribution is 5.81. The van der Waals surface area contributed by atoms with Crippen molar-refractivity contribution in [2.24, 2.45) is 5.92 Å². The van der Waals surface area contributed by atoms with Crippen molar-refractivity contribution in [2.75, 3.05) is 26.2 Å². The molecule has 0 bridgehead atoms. The van der Waals surface area contributed by atoms with Crippen molar-refractivity contribution in [1.82, 2.24) is 15.5 Å². The number of nitrogens with one attached hydrogen (secondary N) is 2. The number of nitrogens with zero attached hydrogens (tertiary/aromatic N) is 1. The van der Waals surface area contributed by atoms with Gasteiger partial charge in [-0.3, -0.25) is 14.5 Å². The minimum Gasteiger partial charge on any atom is -0.355 e. The number of hydrogen-bond donors (Lipinski definition) is 2. The Balaban J connectivity index is 2.36. The summed E-state index contributed by atoms with van der Waals surface area (Å²) in [6.45, 7) is 7.99. The van der Waals surface area contributed by atoms with Crippen molar-refractivity contribution >= 4 is 11.8 Å². The molecule has 20 heavy (non-hydrogen) atoms. The van der Waals surface area contributed by atoms with Crippen molar-refractivity contribution in [1.29, 1.82) is 0 Å². The van der Waals surface area contributed by atoms with E-state index < -0.39 is 0 Å². The van der Waals surface area contributed by atoms with Crippen LogP contribution in [0.2, 0.25) is 0 Å². The lowest BCUT2D eigenvalue weighted by molar-refractivity contribution is -0.125. The second-order valence-electron chi connectivity index (χ2n) is 5.69. The zero-order chi connectivity index (χ0) is 15.0. The molecule has 5 nitrogen and oxygen atoms in total. The highest BCUT2D eigenvalue weighted by Gasteiger charge is 2.23. The molecule has 0 radical (unpaired) electrons. The van der Waals surface area contributed by atoms with E-state index in [0.29, 0.717) is 31.6 Å². The van der Waals surface area contributed by atoms with E-state index in [1.165, 1.54) is 19.3 Å². The van der Waals surface area contributed by atoms with Gasteiger partial charge in [-0.15, -0.1) is 0 Å². The Morgan fingerprint density at radius 3 is 2.35 bits per heavy atom. The lowest BCUT2D eigenvalue weighted by Gasteiger charge is -2.30. The molecule has 0 heterocycles. The van der Waals surface area contributed by atoms with Crippen LogP contribution in [0.1, 0.15) is 46.5 Å². The first-order valence-corrected chi connectivity index (χ1v) is 7.85. The minimum absolute atomic E-state index is 0.0202. The molecule has 0 aliphatic heterocycles. The predicted molar refractivity (Wildman–Crippen MR) is 80.4 cm³/mol. The molecular weight excluding hydrogens is 254 g/mol. The number of carbonyl (C=O) groups is 2. The van der Waals surface area contributed by atoms with E-state index in [2.05, 4.69) is 17.6 Å². The highest BCUT2D eigenvalue weighted by atomic mass is 16.2. The molecule has 1 aliphatic rings. The first-order chi connectivity index (χ1) is 9.56. The first kappa shape index (κ1) is 17.0. The summed E-state index contributed by atoms with van der Waals surface area (Å²) in [5.41, 5.74) is 0. The minimum atomic E-state index is -0.0202. The van der Waals surface area contributed by atoms with Gasteiger partial charge in [-0.25, -0.2) is 0 Å². The van der Waals surface area contributed by atoms with E-state index >= 15 is 0 Å². The first-order valence-electron chi connectivity index (χ1n) is 7.85. The Kier molecular flexibility index (Phi) is 7.59. The lowest BCUT2D eigenvalue weighted by atomic mass is 9.86. The van der Waals surface area contributed by atoms with Gasteiger partial charge in [0.1, 0.15) is 0 Å². The summed E-state index contributed by atoms with van der Waals surface area (Å²) in [7, 11) is 0. The SMILES string of the molecule is CCNC(=O)CN(CC)CC(=O)NC1CCCCC1C. The van der Waals surface area contributed by atoms with Gasteiger partial charge in [0.2, 0.25) is 11.8 Å². The van der Waals surface area contributed by atoms with Crippen LogP contribution in [0.3, 0.4) is 0 Å². The van der Waals surface area contributed by atoms with Gasteiger partial charge in [0.05, 0.1) is 13.1 Å². The van der Waals surface area contributed by atoms with Crippen LogP contribution in [-0.2, 0) is 9.59 Å². The molecule has 0 aromatic carbocycles. The van der Waals surface area contributed by atoms with Crippen LogP contribution in [-0.4, -0.2) is 48.9 Å². The van der Waals surface area contributed by atoms with Crippen molar-refractivity contribution < 1.29 is 9.59 Å². The van der Waals surface area contributed by atoms with E-state index in [0.717, 1.165) is 6.42 Å². The summed E-state index contributed by atoms with van der Waals surface area (Å²) in [5.74, 6) is 0.578. The molecule has 5 heteroatoms. The third-order valence-electron chi connectivity index (χ3n) is 4.01. The van der Waals surface area contributed by atoms with Crippen LogP contribution in [0.5, 0.6) is 0 Å². The average molecular weight is 283 g/mol. The molecule has 116 valence electrons. The fourth-order valence-electron chi connectivity index (χ4n) is 2.72. The van der Waals surface area contributed by atoms with E-state index in [1.807, 2.05) is 18.7 Å². The predicted octanol–water partition coefficient (Wildman–Crippen LogP) is 1.14. The second-order valence-corrected chi connectivity index (χ2v) is 5.69. The summed E-state index contributed by atoms with van der Waals surface area (Å²) in [5, 5.41) is 5.89. The largest absolute Gasteiger partial charge is 0.355 e. The summed E-state index contributed by atoms with van der Waals surface area (Å²) in [6, 6.07) is 0.305. The maximum Gasteiger partial charge on any atom is 0.234 e. The van der Waals surface area contributed by atoms with E-state index in [4.69, 9.17) is 0 Å². The Bertz CT molecular complexity index is 320. The molecule has 1 aliphatic carbocycles. The van der Waals surface area contributed by atoms with Gasteiger partial charge in [-0.2, -0.15) is 0 Å². The zero-order valence-corrected chi connectivity index (χ0v) is 13.1. The molecule has 0 spiro atoms. The van der Waals surface area contributed by atoms with Crippen molar-refractivity contribution in [3.8, 4) is 0 Å². The molecule has 1 fully saturated rings. The number of rotatable bonds is 7. The maximum absolute atomic E-state index is 12.1. The monoisotopic (exact) mass is 283 g/mol. The van der Waals surface area contributed by atoms with Crippen LogP contribution < -0.4 is 10.6 Å².